The van der Waals surface area contributed by atoms with Crippen molar-refractivity contribution in [3.05, 3.63) is 0 Å². The molecule has 0 bridgehead atoms. The fraction of sp³-hybridized carbons (Fsp3) is 1.00. The number of hydrogen-bond acceptors (Lipinski definition) is 3. The first-order valence-electron chi connectivity index (χ1n) is 7.99. The van der Waals surface area contributed by atoms with Gasteiger partial charge in [0.15, 0.2) is 0 Å². The van der Waals surface area contributed by atoms with E-state index in [1.165, 1.54) is 0 Å². The summed E-state index contributed by atoms with van der Waals surface area (Å²) in [6.45, 7) is 17.2. The SMILES string of the molecule is CC(C)COP(=O)(OC(C)CC(C)C)C(C)CC(C)C. The third kappa shape index (κ3) is 8.44. The van der Waals surface area contributed by atoms with Crippen molar-refractivity contribution in [3.8, 4) is 0 Å². The highest BCUT2D eigenvalue weighted by Gasteiger charge is 2.35. The van der Waals surface area contributed by atoms with E-state index in [9.17, 15) is 4.57 Å². The maximum Gasteiger partial charge on any atom is 0.333 e. The summed E-state index contributed by atoms with van der Waals surface area (Å²) in [5.41, 5.74) is -0.0455. The molecule has 0 radical (unpaired) electrons. The van der Waals surface area contributed by atoms with E-state index in [4.69, 9.17) is 9.05 Å². The van der Waals surface area contributed by atoms with Gasteiger partial charge in [-0.2, -0.15) is 0 Å². The van der Waals surface area contributed by atoms with Crippen LogP contribution in [0.5, 0.6) is 0 Å². The van der Waals surface area contributed by atoms with E-state index in [-0.39, 0.29) is 11.8 Å². The van der Waals surface area contributed by atoms with Crippen LogP contribution in [0.2, 0.25) is 0 Å². The average Bonchev–Trinajstić information content (AvgIpc) is 2.24. The third-order valence-electron chi connectivity index (χ3n) is 3.07. The lowest BCUT2D eigenvalue weighted by Gasteiger charge is -2.29. The summed E-state index contributed by atoms with van der Waals surface area (Å²) < 4.78 is 24.7. The van der Waals surface area contributed by atoms with Crippen molar-refractivity contribution >= 4 is 7.60 Å². The highest BCUT2D eigenvalue weighted by Crippen LogP contribution is 2.56. The smallest absolute Gasteiger partial charge is 0.308 e. The molecule has 3 nitrogen and oxygen atoms in total. The number of hydrogen-bond donors (Lipinski definition) is 0. The molecule has 0 N–H and O–H groups in total. The van der Waals surface area contributed by atoms with Crippen molar-refractivity contribution in [2.24, 2.45) is 17.8 Å². The van der Waals surface area contributed by atoms with Crippen LogP contribution in [0, 0.1) is 17.8 Å². The molecule has 0 saturated heterocycles. The van der Waals surface area contributed by atoms with Crippen LogP contribution in [0.4, 0.5) is 0 Å². The lowest BCUT2D eigenvalue weighted by atomic mass is 10.1. The van der Waals surface area contributed by atoms with E-state index < -0.39 is 7.60 Å². The van der Waals surface area contributed by atoms with Gasteiger partial charge in [0.25, 0.3) is 0 Å². The van der Waals surface area contributed by atoms with E-state index in [0.29, 0.717) is 24.4 Å². The Morgan fingerprint density at radius 2 is 1.30 bits per heavy atom. The monoisotopic (exact) mass is 306 g/mol. The third-order valence-corrected chi connectivity index (χ3v) is 5.52. The summed E-state index contributed by atoms with van der Waals surface area (Å²) in [4.78, 5) is 0. The summed E-state index contributed by atoms with van der Waals surface area (Å²) in [6.07, 6.45) is 1.75. The lowest BCUT2D eigenvalue weighted by Crippen LogP contribution is -2.19. The van der Waals surface area contributed by atoms with Crippen LogP contribution >= 0.6 is 7.60 Å². The molecule has 122 valence electrons. The molecule has 0 rings (SSSR count). The quantitative estimate of drug-likeness (QED) is 0.483. The average molecular weight is 306 g/mol. The minimum absolute atomic E-state index is 0.0254. The zero-order valence-electron chi connectivity index (χ0n) is 14.7. The van der Waals surface area contributed by atoms with Crippen molar-refractivity contribution in [1.29, 1.82) is 0 Å². The lowest BCUT2D eigenvalue weighted by molar-refractivity contribution is 0.128. The van der Waals surface area contributed by atoms with Crippen LogP contribution in [0.25, 0.3) is 0 Å². The zero-order valence-corrected chi connectivity index (χ0v) is 15.6. The predicted molar refractivity (Wildman–Crippen MR) is 87.3 cm³/mol. The molecule has 0 heterocycles. The minimum atomic E-state index is -3.03. The summed E-state index contributed by atoms with van der Waals surface area (Å²) in [7, 11) is -3.03. The standard InChI is InChI=1S/C16H35O3P/c1-12(2)9-15(7)19-20(17,18-11-14(5)6)16(8)10-13(3)4/h12-16H,9-11H2,1-8H3. The molecule has 0 aromatic heterocycles. The Hall–Kier alpha value is 0.150. The van der Waals surface area contributed by atoms with Crippen molar-refractivity contribution in [2.45, 2.75) is 80.0 Å². The second kappa shape index (κ2) is 9.23. The maximum absolute atomic E-state index is 13.1. The number of rotatable bonds is 10. The van der Waals surface area contributed by atoms with Gasteiger partial charge < -0.3 is 9.05 Å². The fourth-order valence-electron chi connectivity index (χ4n) is 2.28. The molecule has 3 atom stereocenters. The second-order valence-electron chi connectivity index (χ2n) is 7.25. The molecule has 4 heteroatoms. The van der Waals surface area contributed by atoms with Crippen LogP contribution in [0.3, 0.4) is 0 Å². The summed E-state index contributed by atoms with van der Waals surface area (Å²) >= 11 is 0. The van der Waals surface area contributed by atoms with Crippen molar-refractivity contribution in [2.75, 3.05) is 6.61 Å². The van der Waals surface area contributed by atoms with Gasteiger partial charge in [-0.3, -0.25) is 4.57 Å². The fourth-order valence-corrected chi connectivity index (χ4v) is 4.58. The van der Waals surface area contributed by atoms with E-state index in [1.54, 1.807) is 0 Å². The Morgan fingerprint density at radius 1 is 0.800 bits per heavy atom. The maximum atomic E-state index is 13.1. The highest BCUT2D eigenvalue weighted by molar-refractivity contribution is 7.54. The molecule has 20 heavy (non-hydrogen) atoms. The zero-order chi connectivity index (χ0) is 15.9. The van der Waals surface area contributed by atoms with Crippen LogP contribution in [-0.2, 0) is 13.6 Å². The van der Waals surface area contributed by atoms with E-state index in [2.05, 4.69) is 41.5 Å². The molecular weight excluding hydrogens is 271 g/mol. The Bertz CT molecular complexity index is 300. The molecule has 0 fully saturated rings. The first kappa shape index (κ1) is 20.1. The molecular formula is C16H35O3P. The van der Waals surface area contributed by atoms with Crippen LogP contribution in [-0.4, -0.2) is 18.4 Å². The molecule has 3 unspecified atom stereocenters. The first-order valence-corrected chi connectivity index (χ1v) is 9.60. The molecule has 0 aliphatic carbocycles. The van der Waals surface area contributed by atoms with Crippen molar-refractivity contribution < 1.29 is 13.6 Å². The summed E-state index contributed by atoms with van der Waals surface area (Å²) in [6, 6.07) is 0. The molecule has 0 aromatic carbocycles. The summed E-state index contributed by atoms with van der Waals surface area (Å²) in [5.74, 6) is 1.38. The Kier molecular flexibility index (Phi) is 9.29. The highest BCUT2D eigenvalue weighted by atomic mass is 31.2. The summed E-state index contributed by atoms with van der Waals surface area (Å²) in [5, 5.41) is 0. The Balaban J connectivity index is 4.80. The second-order valence-corrected chi connectivity index (χ2v) is 9.68. The molecule has 0 spiro atoms. The minimum Gasteiger partial charge on any atom is -0.308 e. The van der Waals surface area contributed by atoms with Gasteiger partial charge in [0, 0.05) is 0 Å². The van der Waals surface area contributed by atoms with E-state index >= 15 is 0 Å². The Morgan fingerprint density at radius 3 is 1.70 bits per heavy atom. The van der Waals surface area contributed by atoms with E-state index in [0.717, 1.165) is 12.8 Å². The Labute approximate surface area is 126 Å². The van der Waals surface area contributed by atoms with Gasteiger partial charge in [0.1, 0.15) is 0 Å². The van der Waals surface area contributed by atoms with Gasteiger partial charge in [-0.25, -0.2) is 0 Å². The van der Waals surface area contributed by atoms with Gasteiger partial charge in [0.05, 0.1) is 18.4 Å². The van der Waals surface area contributed by atoms with Crippen molar-refractivity contribution in [3.63, 3.8) is 0 Å². The largest absolute Gasteiger partial charge is 0.333 e. The van der Waals surface area contributed by atoms with Crippen LogP contribution in [0.1, 0.15) is 68.2 Å². The van der Waals surface area contributed by atoms with Gasteiger partial charge in [-0.15, -0.1) is 0 Å². The molecule has 0 aliphatic rings. The van der Waals surface area contributed by atoms with Crippen LogP contribution in [0.15, 0.2) is 0 Å². The van der Waals surface area contributed by atoms with E-state index in [1.807, 2.05) is 13.8 Å². The van der Waals surface area contributed by atoms with Crippen LogP contribution < -0.4 is 0 Å². The predicted octanol–water partition coefficient (Wildman–Crippen LogP) is 5.74. The molecule has 0 amide bonds. The van der Waals surface area contributed by atoms with Gasteiger partial charge in [-0.05, 0) is 37.5 Å². The molecule has 0 aromatic rings. The topological polar surface area (TPSA) is 35.5 Å². The van der Waals surface area contributed by atoms with Gasteiger partial charge in [-0.1, -0.05) is 48.5 Å². The van der Waals surface area contributed by atoms with Crippen molar-refractivity contribution in [1.82, 2.24) is 0 Å². The molecule has 0 aliphatic heterocycles. The molecule has 0 saturated carbocycles. The van der Waals surface area contributed by atoms with Gasteiger partial charge >= 0.3 is 7.60 Å². The normalized spacial score (nSPS) is 18.6. The van der Waals surface area contributed by atoms with Gasteiger partial charge in [0.2, 0.25) is 0 Å². The first-order chi connectivity index (χ1) is 9.06.